The van der Waals surface area contributed by atoms with E-state index < -0.39 is 28.9 Å². The average molecular weight is 1890 g/mol. The molecule has 0 heterocycles. The molecule has 0 saturated heterocycles. The molecular weight excluding hydrogens is 1770 g/mol. The molecule has 0 unspecified atom stereocenters. The number of phenolic OH excluding ortho intramolecular Hbond substituents is 3. The van der Waals surface area contributed by atoms with E-state index in [1.807, 2.05) is 110 Å². The van der Waals surface area contributed by atoms with Crippen molar-refractivity contribution in [3.8, 4) is 46.0 Å². The molecule has 4 saturated carbocycles. The number of carboxylic acid groups (broad SMARTS) is 1. The van der Waals surface area contributed by atoms with Crippen molar-refractivity contribution < 1.29 is 82.8 Å². The van der Waals surface area contributed by atoms with Crippen LogP contribution in [0.15, 0.2) is 303 Å². The minimum absolute atomic E-state index is 0.0167. The summed E-state index contributed by atoms with van der Waals surface area (Å²) in [5.74, 6) is 1.57. The second kappa shape index (κ2) is 52.4. The van der Waals surface area contributed by atoms with E-state index in [0.717, 1.165) is 64.5 Å². The molecule has 13 aromatic carbocycles. The standard InChI is InChI=1S/C34H33NO4.C33H31NO5.C22H26O3.C13H16O.C8H7ClO.C8H9NO3/c1-24(36)32-21-18-29(22-33(32)37)35(23-25-12-14-27(15-13-25)26-8-4-2-5-9-26)34(38)28-16-19-31(20-17-28)39-30-10-6-3-7-11-30;35-31-21-27(17-20-30(31)33(37)38)34(22-23-11-13-25(14-12-23)24-7-3-1-4-8-24)32(36)26-15-18-29(19-16-26)39-28-9-5-2-6-10-28;1-25-22(24)20-14-11-17(15-21(20)23)8-7-16-9-12-19(13-10-16)18-5-3-2-4-6-18;14-10-11-6-8-13(9-7-11)12-4-2-1-3-5-12;1-6-2-4-7(5-3-6)8(9)10;1-12-8(11)6-3-2-5(9)4-7(6)10/h3,6-7,10-22,26,37H,2,4-5,8-9,23H2,1H3;2,5-6,9-21,24,35H,1,3-4,7-8,22H2,(H,37,38);9-15,18,23H,2-8H2,1H3;6-10,12H,1-5H2;2-5H,1H3;2-4,10H,9H2,1H3. The molecule has 2 amide bonds. The highest BCUT2D eigenvalue weighted by Crippen LogP contribution is 2.40. The number of amides is 2. The summed E-state index contributed by atoms with van der Waals surface area (Å²) in [6, 6.07) is 92.3. The molecule has 0 radical (unpaired) electrons. The molecule has 17 rings (SSSR count). The number of anilines is 3. The molecule has 0 atom stereocenters. The molecule has 0 aromatic heterocycles. The zero-order valence-corrected chi connectivity index (χ0v) is 80.0. The van der Waals surface area contributed by atoms with Gasteiger partial charge in [-0.3, -0.25) is 24.0 Å². The minimum Gasteiger partial charge on any atom is -0.507 e. The molecule has 139 heavy (non-hydrogen) atoms. The smallest absolute Gasteiger partial charge is 0.341 e. The van der Waals surface area contributed by atoms with Gasteiger partial charge in [0.1, 0.15) is 69.0 Å². The Hall–Kier alpha value is -14.9. The van der Waals surface area contributed by atoms with Gasteiger partial charge in [0.05, 0.1) is 32.9 Å². The predicted octanol–water partition coefficient (Wildman–Crippen LogP) is 27.8. The van der Waals surface area contributed by atoms with E-state index >= 15 is 0 Å². The zero-order chi connectivity index (χ0) is 98.5. The molecule has 7 N–H and O–H groups in total. The van der Waals surface area contributed by atoms with Crippen LogP contribution in [-0.2, 0) is 35.4 Å². The molecular formula is C118H122ClN3O17. The molecule has 20 nitrogen and oxygen atoms in total. The van der Waals surface area contributed by atoms with Gasteiger partial charge in [-0.1, -0.05) is 234 Å². The number of hydrogen-bond donors (Lipinski definition) is 6. The number of carboxylic acids is 1. The number of aldehydes is 1. The number of ketones is 1. The number of Topliss-reactive ketones (excluding diaryl/α,β-unsaturated/α-hetero) is 1. The van der Waals surface area contributed by atoms with E-state index in [0.29, 0.717) is 69.4 Å². The molecule has 4 aliphatic rings. The summed E-state index contributed by atoms with van der Waals surface area (Å²) in [6.45, 7) is 3.95. The van der Waals surface area contributed by atoms with E-state index in [2.05, 4.69) is 82.3 Å². The number of carbonyl (C=O) groups excluding carboxylic acids is 7. The lowest BCUT2D eigenvalue weighted by Crippen LogP contribution is -2.30. The van der Waals surface area contributed by atoms with Crippen LogP contribution < -0.4 is 25.0 Å². The van der Waals surface area contributed by atoms with Crippen molar-refractivity contribution in [2.24, 2.45) is 0 Å². The fraction of sp³-hybridized carbons (Fsp3) is 0.271. The summed E-state index contributed by atoms with van der Waals surface area (Å²) < 4.78 is 20.8. The SMILES string of the molecule is CC(=O)c1ccc(N(Cc2ccc(C3CCCCC3)cc2)C(=O)c2ccc(Oc3ccccc3)cc2)cc1O.COC(=O)c1ccc(CCc2ccc(C3CCCCC3)cc2)cc1O.COC(=O)c1ccc(N)cc1O.Cc1ccc(C(=O)Cl)cc1.O=C(O)c1ccc(N(Cc2ccc(C3CCCCC3)cc2)C(=O)c2ccc(Oc3ccccc3)cc2)cc1O.O=Cc1ccc(C2CCCCC2)cc1. The lowest BCUT2D eigenvalue weighted by atomic mass is 9.84. The summed E-state index contributed by atoms with van der Waals surface area (Å²) in [7, 11) is 2.56. The summed E-state index contributed by atoms with van der Waals surface area (Å²) >= 11 is 5.22. The predicted molar refractivity (Wildman–Crippen MR) is 547 cm³/mol. The summed E-state index contributed by atoms with van der Waals surface area (Å²) in [5, 5.41) is 49.0. The number of rotatable bonds is 25. The van der Waals surface area contributed by atoms with Crippen LogP contribution in [0.2, 0.25) is 0 Å². The Bertz CT molecular complexity index is 5970. The van der Waals surface area contributed by atoms with Gasteiger partial charge in [-0.05, 0) is 291 Å². The van der Waals surface area contributed by atoms with Gasteiger partial charge in [0.25, 0.3) is 17.1 Å². The Labute approximate surface area is 819 Å². The second-order valence-corrected chi connectivity index (χ2v) is 35.9. The van der Waals surface area contributed by atoms with E-state index in [1.54, 1.807) is 101 Å². The zero-order valence-electron chi connectivity index (χ0n) is 79.2. The number of halogens is 1. The Morgan fingerprint density at radius 2 is 0.683 bits per heavy atom. The molecule has 21 heteroatoms. The van der Waals surface area contributed by atoms with E-state index in [4.69, 9.17) is 26.8 Å². The van der Waals surface area contributed by atoms with Crippen molar-refractivity contribution >= 4 is 75.7 Å². The number of benzene rings is 13. The summed E-state index contributed by atoms with van der Waals surface area (Å²) in [4.78, 5) is 97.5. The van der Waals surface area contributed by atoms with Crippen molar-refractivity contribution in [3.05, 3.63) is 398 Å². The molecule has 718 valence electrons. The fourth-order valence-corrected chi connectivity index (χ4v) is 18.0. The van der Waals surface area contributed by atoms with Crippen molar-refractivity contribution in [2.75, 3.05) is 29.8 Å². The number of hydrogen-bond acceptors (Lipinski definition) is 17. The number of nitrogens with two attached hydrogens (primary N) is 1. The van der Waals surface area contributed by atoms with E-state index in [1.165, 1.54) is 214 Å². The van der Waals surface area contributed by atoms with Gasteiger partial charge >= 0.3 is 17.9 Å². The van der Waals surface area contributed by atoms with Crippen molar-refractivity contribution in [1.29, 1.82) is 0 Å². The van der Waals surface area contributed by atoms with Crippen LogP contribution >= 0.6 is 11.6 Å². The van der Waals surface area contributed by atoms with Gasteiger partial charge in [-0.2, -0.15) is 0 Å². The maximum absolute atomic E-state index is 13.8. The maximum Gasteiger partial charge on any atom is 0.341 e. The van der Waals surface area contributed by atoms with Crippen molar-refractivity contribution in [2.45, 2.75) is 192 Å². The molecule has 0 bridgehead atoms. The van der Waals surface area contributed by atoms with Gasteiger partial charge in [-0.15, -0.1) is 0 Å². The average Bonchev–Trinajstić information content (AvgIpc) is 0.804. The highest BCUT2D eigenvalue weighted by atomic mass is 35.5. The minimum atomic E-state index is -1.23. The molecule has 4 fully saturated rings. The molecule has 0 aliphatic heterocycles. The first kappa shape index (κ1) is 103. The van der Waals surface area contributed by atoms with Crippen molar-refractivity contribution in [1.82, 2.24) is 0 Å². The normalized spacial score (nSPS) is 13.6. The van der Waals surface area contributed by atoms with Crippen LogP contribution in [0.1, 0.15) is 292 Å². The lowest BCUT2D eigenvalue weighted by Gasteiger charge is -2.25. The third kappa shape index (κ3) is 30.8. The van der Waals surface area contributed by atoms with Gasteiger partial charge in [-0.25, -0.2) is 14.4 Å². The first-order valence-corrected chi connectivity index (χ1v) is 48.1. The Morgan fingerprint density at radius 1 is 0.360 bits per heavy atom. The molecule has 0 spiro atoms. The van der Waals surface area contributed by atoms with Gasteiger partial charge in [0.2, 0.25) is 0 Å². The van der Waals surface area contributed by atoms with Crippen LogP contribution in [0.5, 0.6) is 46.0 Å². The van der Waals surface area contributed by atoms with Crippen LogP contribution in [0, 0.1) is 6.92 Å². The number of ether oxygens (including phenoxy) is 4. The number of methoxy groups -OCH3 is 2. The summed E-state index contributed by atoms with van der Waals surface area (Å²) in [6.07, 6.45) is 28.8. The number of carbonyl (C=O) groups is 8. The van der Waals surface area contributed by atoms with Gasteiger partial charge < -0.3 is 60.0 Å². The topological polar surface area (TPSA) is 307 Å². The van der Waals surface area contributed by atoms with Crippen molar-refractivity contribution in [3.63, 3.8) is 0 Å². The third-order valence-electron chi connectivity index (χ3n) is 25.7. The number of nitrogen functional groups attached to an aromatic ring is 1. The lowest BCUT2D eigenvalue weighted by molar-refractivity contribution is 0.0588. The van der Waals surface area contributed by atoms with E-state index in [-0.39, 0.29) is 63.6 Å². The second-order valence-electron chi connectivity index (χ2n) is 35.5. The van der Waals surface area contributed by atoms with Crippen LogP contribution in [0.25, 0.3) is 0 Å². The Balaban J connectivity index is 0.000000160. The van der Waals surface area contributed by atoms with Crippen LogP contribution in [0.4, 0.5) is 17.1 Å². The third-order valence-corrected chi connectivity index (χ3v) is 25.9. The number of esters is 2. The van der Waals surface area contributed by atoms with E-state index in [9.17, 15) is 63.9 Å². The quantitative estimate of drug-likeness (QED) is 0.0102. The number of aromatic carboxylic acids is 1. The molecule has 4 aliphatic carbocycles. The van der Waals surface area contributed by atoms with Gasteiger partial charge in [0.15, 0.2) is 5.78 Å². The first-order valence-electron chi connectivity index (χ1n) is 47.7. The van der Waals surface area contributed by atoms with Crippen LogP contribution in [-0.4, -0.2) is 86.8 Å². The summed E-state index contributed by atoms with van der Waals surface area (Å²) in [5.41, 5.74) is 20.2. The highest BCUT2D eigenvalue weighted by Gasteiger charge is 2.27. The first-order chi connectivity index (χ1) is 67.4. The number of aromatic hydroxyl groups is 4. The highest BCUT2D eigenvalue weighted by molar-refractivity contribution is 6.67. The number of aryl methyl sites for hydroxylation is 3. The van der Waals surface area contributed by atoms with Gasteiger partial charge in [0, 0.05) is 57.5 Å². The fourth-order valence-electron chi connectivity index (χ4n) is 17.8. The largest absolute Gasteiger partial charge is 0.507 e. The maximum atomic E-state index is 13.8. The Morgan fingerprint density at radius 3 is 1.03 bits per heavy atom. The number of para-hydroxylation sites is 2. The van der Waals surface area contributed by atoms with Crippen LogP contribution in [0.3, 0.4) is 0 Å². The molecule has 13 aromatic rings. The number of phenols is 4. The monoisotopic (exact) mass is 1890 g/mol. The number of nitrogens with zero attached hydrogens (tertiary/aromatic N) is 2. The Kier molecular flexibility index (Phi) is 38.9.